The average molecular weight is 270 g/mol. The van der Waals surface area contributed by atoms with Gasteiger partial charge in [0.05, 0.1) is 6.54 Å². The molecule has 0 spiro atoms. The Labute approximate surface area is 120 Å². The fraction of sp³-hybridized carbons (Fsp3) is 0.412. The molecule has 1 aromatic carbocycles. The number of nitrogens with zero attached hydrogens (tertiary/aromatic N) is 1. The van der Waals surface area contributed by atoms with Gasteiger partial charge in [-0.3, -0.25) is 4.90 Å². The number of furan rings is 1. The van der Waals surface area contributed by atoms with Crippen molar-refractivity contribution in [2.45, 2.75) is 32.9 Å². The molecule has 0 atom stereocenters. The average Bonchev–Trinajstić information content (AvgIpc) is 2.69. The summed E-state index contributed by atoms with van der Waals surface area (Å²) in [6.45, 7) is 5.61. The first-order valence-electron chi connectivity index (χ1n) is 7.33. The summed E-state index contributed by atoms with van der Waals surface area (Å²) in [6, 6.07) is 10.9. The molecule has 0 amide bonds. The number of hydrogen-bond donors (Lipinski definition) is 1. The van der Waals surface area contributed by atoms with Crippen LogP contribution in [0.5, 0.6) is 0 Å². The third-order valence-electron chi connectivity index (χ3n) is 4.18. The maximum absolute atomic E-state index is 5.80. The molecule has 0 aliphatic carbocycles. The number of rotatable bonds is 3. The Morgan fingerprint density at radius 2 is 1.80 bits per heavy atom. The number of aryl methyl sites for hydroxylation is 1. The van der Waals surface area contributed by atoms with Gasteiger partial charge >= 0.3 is 0 Å². The second-order valence-electron chi connectivity index (χ2n) is 5.54. The Morgan fingerprint density at radius 1 is 1.15 bits per heavy atom. The van der Waals surface area contributed by atoms with Crippen LogP contribution < -0.4 is 5.73 Å². The van der Waals surface area contributed by atoms with Crippen LogP contribution in [-0.2, 0) is 25.9 Å². The van der Waals surface area contributed by atoms with E-state index in [0.717, 1.165) is 49.6 Å². The largest absolute Gasteiger partial charge is 0.465 e. The molecule has 0 fully saturated rings. The van der Waals surface area contributed by atoms with E-state index in [9.17, 15) is 0 Å². The topological polar surface area (TPSA) is 42.4 Å². The monoisotopic (exact) mass is 270 g/mol. The molecule has 0 saturated carbocycles. The Bertz CT molecular complexity index is 561. The molecule has 0 unspecified atom stereocenters. The number of fused-ring (bicyclic) bond motifs is 1. The Kier molecular flexibility index (Phi) is 3.90. The summed E-state index contributed by atoms with van der Waals surface area (Å²) < 4.78 is 5.80. The van der Waals surface area contributed by atoms with Crippen molar-refractivity contribution in [3.8, 4) is 0 Å². The smallest absolute Gasteiger partial charge is 0.118 e. The van der Waals surface area contributed by atoms with Gasteiger partial charge in [0.1, 0.15) is 11.5 Å². The van der Waals surface area contributed by atoms with Gasteiger partial charge in [0, 0.05) is 25.2 Å². The van der Waals surface area contributed by atoms with E-state index in [2.05, 4.69) is 35.2 Å². The summed E-state index contributed by atoms with van der Waals surface area (Å²) in [4.78, 5) is 2.47. The van der Waals surface area contributed by atoms with Crippen molar-refractivity contribution in [1.82, 2.24) is 4.90 Å². The molecule has 3 nitrogen and oxygen atoms in total. The number of benzene rings is 1. The Hall–Kier alpha value is -1.58. The first kappa shape index (κ1) is 13.4. The first-order valence-corrected chi connectivity index (χ1v) is 7.33. The van der Waals surface area contributed by atoms with Crippen molar-refractivity contribution in [1.29, 1.82) is 0 Å². The van der Waals surface area contributed by atoms with E-state index in [1.807, 2.05) is 6.92 Å². The molecule has 20 heavy (non-hydrogen) atoms. The highest BCUT2D eigenvalue weighted by atomic mass is 16.3. The highest BCUT2D eigenvalue weighted by molar-refractivity contribution is 5.28. The Balaban J connectivity index is 1.68. The summed E-state index contributed by atoms with van der Waals surface area (Å²) in [6.07, 6.45) is 2.25. The first-order chi connectivity index (χ1) is 9.76. The number of hydrogen-bond acceptors (Lipinski definition) is 3. The van der Waals surface area contributed by atoms with E-state index in [1.165, 1.54) is 11.1 Å². The van der Waals surface area contributed by atoms with Gasteiger partial charge in [-0.2, -0.15) is 0 Å². The molecule has 2 aromatic rings. The minimum absolute atomic E-state index is 0.556. The highest BCUT2D eigenvalue weighted by Gasteiger charge is 2.15. The number of nitrogens with two attached hydrogens (primary N) is 1. The molecule has 3 rings (SSSR count). The van der Waals surface area contributed by atoms with E-state index < -0.39 is 0 Å². The molecule has 0 radical (unpaired) electrons. The predicted molar refractivity (Wildman–Crippen MR) is 80.5 cm³/mol. The zero-order valence-corrected chi connectivity index (χ0v) is 12.1. The molecule has 1 aromatic heterocycles. The third kappa shape index (κ3) is 2.79. The lowest BCUT2D eigenvalue weighted by Crippen LogP contribution is -2.25. The second kappa shape index (κ2) is 5.81. The van der Waals surface area contributed by atoms with E-state index in [4.69, 9.17) is 10.2 Å². The van der Waals surface area contributed by atoms with E-state index in [0.29, 0.717) is 6.54 Å². The lowest BCUT2D eigenvalue weighted by molar-refractivity contribution is 0.253. The van der Waals surface area contributed by atoms with E-state index in [1.54, 1.807) is 0 Å². The highest BCUT2D eigenvalue weighted by Crippen LogP contribution is 2.19. The van der Waals surface area contributed by atoms with Crippen LogP contribution in [0.2, 0.25) is 0 Å². The van der Waals surface area contributed by atoms with Gasteiger partial charge in [-0.25, -0.2) is 0 Å². The molecule has 0 bridgehead atoms. The van der Waals surface area contributed by atoms with Crippen molar-refractivity contribution in [3.63, 3.8) is 0 Å². The summed E-state index contributed by atoms with van der Waals surface area (Å²) in [5.41, 5.74) is 9.82. The SMILES string of the molecule is Cc1oc(CN2CCc3ccccc3CC2)cc1CN. The van der Waals surface area contributed by atoms with Gasteiger partial charge in [0.2, 0.25) is 0 Å². The Morgan fingerprint density at radius 3 is 2.35 bits per heavy atom. The fourth-order valence-corrected chi connectivity index (χ4v) is 2.96. The van der Waals surface area contributed by atoms with Crippen LogP contribution in [0.15, 0.2) is 34.7 Å². The molecule has 2 heterocycles. The minimum Gasteiger partial charge on any atom is -0.465 e. The van der Waals surface area contributed by atoms with E-state index >= 15 is 0 Å². The zero-order valence-electron chi connectivity index (χ0n) is 12.1. The van der Waals surface area contributed by atoms with Crippen molar-refractivity contribution in [3.05, 3.63) is 58.5 Å². The molecule has 2 N–H and O–H groups in total. The fourth-order valence-electron chi connectivity index (χ4n) is 2.96. The molecule has 1 aliphatic rings. The quantitative estimate of drug-likeness (QED) is 0.932. The van der Waals surface area contributed by atoms with Crippen LogP contribution in [0.25, 0.3) is 0 Å². The molecule has 1 aliphatic heterocycles. The molecule has 3 heteroatoms. The molecular formula is C17H22N2O. The van der Waals surface area contributed by atoms with Gasteiger partial charge in [-0.15, -0.1) is 0 Å². The van der Waals surface area contributed by atoms with Crippen molar-refractivity contribution < 1.29 is 4.42 Å². The maximum atomic E-state index is 5.80. The third-order valence-corrected chi connectivity index (χ3v) is 4.18. The van der Waals surface area contributed by atoms with Crippen molar-refractivity contribution in [2.75, 3.05) is 13.1 Å². The zero-order chi connectivity index (χ0) is 13.9. The predicted octanol–water partition coefficient (Wildman–Crippen LogP) is 2.65. The minimum atomic E-state index is 0.556. The van der Waals surface area contributed by atoms with Crippen molar-refractivity contribution >= 4 is 0 Å². The van der Waals surface area contributed by atoms with Gasteiger partial charge in [-0.05, 0) is 37.0 Å². The van der Waals surface area contributed by atoms with Gasteiger partial charge < -0.3 is 10.2 Å². The standard InChI is InChI=1S/C17H22N2O/c1-13-16(11-18)10-17(20-13)12-19-8-6-14-4-2-3-5-15(14)7-9-19/h2-5,10H,6-9,11-12,18H2,1H3. The summed E-state index contributed by atoms with van der Waals surface area (Å²) in [5.74, 6) is 1.99. The van der Waals surface area contributed by atoms with E-state index in [-0.39, 0.29) is 0 Å². The van der Waals surface area contributed by atoms with Crippen LogP contribution in [0.3, 0.4) is 0 Å². The second-order valence-corrected chi connectivity index (χ2v) is 5.54. The molecular weight excluding hydrogens is 248 g/mol. The normalized spacial score (nSPS) is 15.9. The van der Waals surface area contributed by atoms with Crippen LogP contribution >= 0.6 is 0 Å². The lowest BCUT2D eigenvalue weighted by Gasteiger charge is -2.17. The summed E-state index contributed by atoms with van der Waals surface area (Å²) in [5, 5.41) is 0. The van der Waals surface area contributed by atoms with Crippen LogP contribution in [0.4, 0.5) is 0 Å². The molecule has 106 valence electrons. The summed E-state index contributed by atoms with van der Waals surface area (Å²) >= 11 is 0. The lowest BCUT2D eigenvalue weighted by atomic mass is 10.0. The van der Waals surface area contributed by atoms with Gasteiger partial charge in [-0.1, -0.05) is 24.3 Å². The van der Waals surface area contributed by atoms with Crippen LogP contribution in [-0.4, -0.2) is 18.0 Å². The maximum Gasteiger partial charge on any atom is 0.118 e. The molecule has 0 saturated heterocycles. The summed E-state index contributed by atoms with van der Waals surface area (Å²) in [7, 11) is 0. The van der Waals surface area contributed by atoms with Crippen LogP contribution in [0, 0.1) is 6.92 Å². The van der Waals surface area contributed by atoms with Gasteiger partial charge in [0.15, 0.2) is 0 Å². The van der Waals surface area contributed by atoms with Crippen molar-refractivity contribution in [2.24, 2.45) is 5.73 Å². The van der Waals surface area contributed by atoms with Gasteiger partial charge in [0.25, 0.3) is 0 Å². The van der Waals surface area contributed by atoms with Crippen LogP contribution in [0.1, 0.15) is 28.2 Å².